The number of aromatic nitrogens is 2. The van der Waals surface area contributed by atoms with Crippen molar-refractivity contribution in [1.29, 1.82) is 0 Å². The SMILES string of the molecule is CCOc1cc(/C=C/C(=O)Nc2ccccc2-c2nc3ccccc3[nH]2)ccc1OC. The molecule has 0 saturated carbocycles. The Labute approximate surface area is 180 Å². The standard InChI is InChI=1S/C25H23N3O3/c1-3-31-23-16-17(12-14-22(23)30-2)13-15-24(29)26-19-9-5-4-8-18(19)25-27-20-10-6-7-11-21(20)28-25/h4-16H,3H2,1-2H3,(H,26,29)(H,27,28)/b15-13+. The van der Waals surface area contributed by atoms with Gasteiger partial charge in [-0.25, -0.2) is 4.98 Å². The van der Waals surface area contributed by atoms with E-state index in [0.717, 1.165) is 22.2 Å². The van der Waals surface area contributed by atoms with E-state index in [9.17, 15) is 4.79 Å². The molecule has 0 aliphatic heterocycles. The highest BCUT2D eigenvalue weighted by Gasteiger charge is 2.11. The van der Waals surface area contributed by atoms with Crippen LogP contribution >= 0.6 is 0 Å². The Bertz CT molecular complexity index is 1210. The van der Waals surface area contributed by atoms with Crippen LogP contribution in [0, 0.1) is 0 Å². The first-order valence-electron chi connectivity index (χ1n) is 10.0. The molecular formula is C25H23N3O3. The van der Waals surface area contributed by atoms with Gasteiger partial charge in [0.25, 0.3) is 0 Å². The van der Waals surface area contributed by atoms with E-state index in [1.165, 1.54) is 6.08 Å². The number of carbonyl (C=O) groups is 1. The molecule has 0 bridgehead atoms. The Morgan fingerprint density at radius 2 is 1.87 bits per heavy atom. The summed E-state index contributed by atoms with van der Waals surface area (Å²) in [6, 6.07) is 20.9. The minimum atomic E-state index is -0.239. The van der Waals surface area contributed by atoms with Gasteiger partial charge in [0.1, 0.15) is 5.82 Å². The summed E-state index contributed by atoms with van der Waals surface area (Å²) in [4.78, 5) is 20.5. The lowest BCUT2D eigenvalue weighted by Crippen LogP contribution is -2.09. The van der Waals surface area contributed by atoms with Crippen LogP contribution in [0.4, 0.5) is 5.69 Å². The van der Waals surface area contributed by atoms with Gasteiger partial charge in [0.15, 0.2) is 11.5 Å². The molecule has 2 N–H and O–H groups in total. The molecule has 0 aliphatic rings. The second-order valence-electron chi connectivity index (χ2n) is 6.81. The molecule has 0 radical (unpaired) electrons. The lowest BCUT2D eigenvalue weighted by atomic mass is 10.1. The molecule has 0 fully saturated rings. The predicted molar refractivity (Wildman–Crippen MR) is 123 cm³/mol. The van der Waals surface area contributed by atoms with Gasteiger partial charge < -0.3 is 19.8 Å². The molecule has 0 atom stereocenters. The molecule has 31 heavy (non-hydrogen) atoms. The zero-order chi connectivity index (χ0) is 21.6. The number of carbonyl (C=O) groups excluding carboxylic acids is 1. The summed E-state index contributed by atoms with van der Waals surface area (Å²) in [6.07, 6.45) is 3.23. The first-order valence-corrected chi connectivity index (χ1v) is 10.0. The van der Waals surface area contributed by atoms with Gasteiger partial charge in [-0.05, 0) is 55.0 Å². The fourth-order valence-electron chi connectivity index (χ4n) is 3.29. The van der Waals surface area contributed by atoms with Crippen LogP contribution < -0.4 is 14.8 Å². The summed E-state index contributed by atoms with van der Waals surface area (Å²) in [5.41, 5.74) is 4.17. The number of rotatable bonds is 7. The van der Waals surface area contributed by atoms with Gasteiger partial charge in [0.05, 0.1) is 30.4 Å². The summed E-state index contributed by atoms with van der Waals surface area (Å²) in [6.45, 7) is 2.44. The predicted octanol–water partition coefficient (Wildman–Crippen LogP) is 5.29. The highest BCUT2D eigenvalue weighted by Crippen LogP contribution is 2.29. The van der Waals surface area contributed by atoms with Crippen LogP contribution in [0.3, 0.4) is 0 Å². The smallest absolute Gasteiger partial charge is 0.248 e. The molecule has 6 nitrogen and oxygen atoms in total. The van der Waals surface area contributed by atoms with Crippen molar-refractivity contribution in [2.45, 2.75) is 6.92 Å². The molecule has 1 heterocycles. The number of para-hydroxylation sites is 3. The number of hydrogen-bond donors (Lipinski definition) is 2. The van der Waals surface area contributed by atoms with Crippen LogP contribution in [-0.2, 0) is 4.79 Å². The maximum atomic E-state index is 12.6. The maximum absolute atomic E-state index is 12.6. The monoisotopic (exact) mass is 413 g/mol. The van der Waals surface area contributed by atoms with Crippen LogP contribution in [0.2, 0.25) is 0 Å². The van der Waals surface area contributed by atoms with Gasteiger partial charge in [0, 0.05) is 11.6 Å². The number of aromatic amines is 1. The van der Waals surface area contributed by atoms with Crippen molar-refractivity contribution >= 4 is 28.7 Å². The zero-order valence-corrected chi connectivity index (χ0v) is 17.4. The Balaban J connectivity index is 1.54. The van der Waals surface area contributed by atoms with Gasteiger partial charge in [-0.2, -0.15) is 0 Å². The first kappa shape index (κ1) is 20.2. The number of anilines is 1. The quantitative estimate of drug-likeness (QED) is 0.404. The molecule has 3 aromatic carbocycles. The number of amides is 1. The summed E-state index contributed by atoms with van der Waals surface area (Å²) in [5.74, 6) is 1.76. The van der Waals surface area contributed by atoms with E-state index in [1.54, 1.807) is 13.2 Å². The third kappa shape index (κ3) is 4.59. The number of hydrogen-bond acceptors (Lipinski definition) is 4. The lowest BCUT2D eigenvalue weighted by molar-refractivity contribution is -0.111. The number of ether oxygens (including phenoxy) is 2. The summed E-state index contributed by atoms with van der Waals surface area (Å²) in [7, 11) is 1.60. The van der Waals surface area contributed by atoms with E-state index in [4.69, 9.17) is 9.47 Å². The largest absolute Gasteiger partial charge is 0.493 e. The van der Waals surface area contributed by atoms with Crippen LogP contribution in [-0.4, -0.2) is 29.6 Å². The fourth-order valence-corrected chi connectivity index (χ4v) is 3.29. The van der Waals surface area contributed by atoms with Gasteiger partial charge in [0.2, 0.25) is 5.91 Å². The Morgan fingerprint density at radius 1 is 1.06 bits per heavy atom. The van der Waals surface area contributed by atoms with Crippen LogP contribution in [0.25, 0.3) is 28.5 Å². The molecule has 0 spiro atoms. The van der Waals surface area contributed by atoms with Gasteiger partial charge >= 0.3 is 0 Å². The molecule has 156 valence electrons. The van der Waals surface area contributed by atoms with Crippen LogP contribution in [0.15, 0.2) is 72.8 Å². The fraction of sp³-hybridized carbons (Fsp3) is 0.120. The number of methoxy groups -OCH3 is 1. The molecule has 0 saturated heterocycles. The van der Waals surface area contributed by atoms with Gasteiger partial charge in [-0.1, -0.05) is 30.3 Å². The Kier molecular flexibility index (Phi) is 5.98. The first-order chi connectivity index (χ1) is 15.2. The van der Waals surface area contributed by atoms with E-state index in [2.05, 4.69) is 15.3 Å². The Morgan fingerprint density at radius 3 is 2.68 bits per heavy atom. The van der Waals surface area contributed by atoms with Crippen LogP contribution in [0.1, 0.15) is 12.5 Å². The highest BCUT2D eigenvalue weighted by molar-refractivity contribution is 6.04. The molecule has 4 rings (SSSR count). The number of nitrogens with zero attached hydrogens (tertiary/aromatic N) is 1. The topological polar surface area (TPSA) is 76.2 Å². The molecule has 0 aliphatic carbocycles. The second kappa shape index (κ2) is 9.17. The second-order valence-corrected chi connectivity index (χ2v) is 6.81. The zero-order valence-electron chi connectivity index (χ0n) is 17.4. The number of imidazole rings is 1. The molecular weight excluding hydrogens is 390 g/mol. The molecule has 6 heteroatoms. The molecule has 4 aromatic rings. The number of benzene rings is 3. The average Bonchev–Trinajstić information content (AvgIpc) is 3.22. The van der Waals surface area contributed by atoms with Gasteiger partial charge in [-0.3, -0.25) is 4.79 Å². The molecule has 1 aromatic heterocycles. The molecule has 0 unspecified atom stereocenters. The molecule has 1 amide bonds. The van der Waals surface area contributed by atoms with E-state index in [1.807, 2.05) is 73.7 Å². The van der Waals surface area contributed by atoms with E-state index < -0.39 is 0 Å². The van der Waals surface area contributed by atoms with Crippen molar-refractivity contribution in [2.24, 2.45) is 0 Å². The van der Waals surface area contributed by atoms with Crippen molar-refractivity contribution in [3.05, 3.63) is 78.4 Å². The van der Waals surface area contributed by atoms with Gasteiger partial charge in [-0.15, -0.1) is 0 Å². The average molecular weight is 413 g/mol. The minimum Gasteiger partial charge on any atom is -0.493 e. The van der Waals surface area contributed by atoms with Crippen molar-refractivity contribution in [1.82, 2.24) is 9.97 Å². The minimum absolute atomic E-state index is 0.239. The number of H-pyrrole nitrogens is 1. The number of fused-ring (bicyclic) bond motifs is 1. The number of nitrogens with one attached hydrogen (secondary N) is 2. The lowest BCUT2D eigenvalue weighted by Gasteiger charge is -2.10. The maximum Gasteiger partial charge on any atom is 0.248 e. The summed E-state index contributed by atoms with van der Waals surface area (Å²) < 4.78 is 10.9. The van der Waals surface area contributed by atoms with Crippen molar-refractivity contribution in [3.63, 3.8) is 0 Å². The highest BCUT2D eigenvalue weighted by atomic mass is 16.5. The third-order valence-electron chi connectivity index (χ3n) is 4.74. The normalized spacial score (nSPS) is 11.0. The summed E-state index contributed by atoms with van der Waals surface area (Å²) in [5, 5.41) is 2.94. The van der Waals surface area contributed by atoms with E-state index in [0.29, 0.717) is 29.6 Å². The van der Waals surface area contributed by atoms with Crippen molar-refractivity contribution in [3.8, 4) is 22.9 Å². The third-order valence-corrected chi connectivity index (χ3v) is 4.74. The summed E-state index contributed by atoms with van der Waals surface area (Å²) >= 11 is 0. The van der Waals surface area contributed by atoms with E-state index in [-0.39, 0.29) is 5.91 Å². The van der Waals surface area contributed by atoms with Crippen molar-refractivity contribution < 1.29 is 14.3 Å². The van der Waals surface area contributed by atoms with E-state index >= 15 is 0 Å². The van der Waals surface area contributed by atoms with Crippen molar-refractivity contribution in [2.75, 3.05) is 19.0 Å². The Hall–Kier alpha value is -4.06. The van der Waals surface area contributed by atoms with Crippen LogP contribution in [0.5, 0.6) is 11.5 Å².